The third-order valence-electron chi connectivity index (χ3n) is 2.97. The smallest absolute Gasteiger partial charge is 0.227 e. The highest BCUT2D eigenvalue weighted by molar-refractivity contribution is 7.99. The van der Waals surface area contributed by atoms with Crippen molar-refractivity contribution in [1.82, 2.24) is 4.98 Å². The van der Waals surface area contributed by atoms with Crippen molar-refractivity contribution >= 4 is 28.6 Å². The number of amides is 1. The molecule has 0 atom stereocenters. The number of benzene rings is 1. The second-order valence-corrected chi connectivity index (χ2v) is 5.52. The predicted molar refractivity (Wildman–Crippen MR) is 77.4 cm³/mol. The molecule has 0 saturated heterocycles. The molecule has 20 heavy (non-hydrogen) atoms. The molecule has 6 heteroatoms. The summed E-state index contributed by atoms with van der Waals surface area (Å²) in [5.41, 5.74) is 7.01. The van der Waals surface area contributed by atoms with Crippen LogP contribution in [0, 0.1) is 6.92 Å². The van der Waals surface area contributed by atoms with Crippen LogP contribution in [-0.4, -0.2) is 29.9 Å². The molecule has 0 saturated carbocycles. The van der Waals surface area contributed by atoms with Crippen LogP contribution in [0.15, 0.2) is 23.2 Å². The number of hydrogen-bond donors (Lipinski definition) is 1. The van der Waals surface area contributed by atoms with Gasteiger partial charge < -0.3 is 15.2 Å². The summed E-state index contributed by atoms with van der Waals surface area (Å²) in [6.45, 7) is 3.08. The Hall–Kier alpha value is -1.95. The van der Waals surface area contributed by atoms with Crippen LogP contribution in [-0.2, 0) is 4.79 Å². The predicted octanol–water partition coefficient (Wildman–Crippen LogP) is 1.89. The van der Waals surface area contributed by atoms with E-state index in [2.05, 4.69) is 4.98 Å². The van der Waals surface area contributed by atoms with Crippen LogP contribution in [0.4, 0.5) is 0 Å². The Kier molecular flexibility index (Phi) is 3.40. The zero-order chi connectivity index (χ0) is 14.1. The summed E-state index contributed by atoms with van der Waals surface area (Å²) in [4.78, 5) is 15.5. The summed E-state index contributed by atoms with van der Waals surface area (Å²) in [6.07, 6.45) is 0. The third kappa shape index (κ3) is 2.51. The van der Waals surface area contributed by atoms with Gasteiger partial charge in [0, 0.05) is 11.5 Å². The number of hydrogen-bond acceptors (Lipinski definition) is 5. The first-order chi connectivity index (χ1) is 9.63. The van der Waals surface area contributed by atoms with Gasteiger partial charge in [-0.25, -0.2) is 4.98 Å². The van der Waals surface area contributed by atoms with Gasteiger partial charge in [0.15, 0.2) is 11.5 Å². The van der Waals surface area contributed by atoms with Gasteiger partial charge in [-0.15, -0.1) is 0 Å². The van der Waals surface area contributed by atoms with Crippen molar-refractivity contribution in [2.75, 3.05) is 19.0 Å². The number of carbonyl (C=O) groups is 1. The number of aryl methyl sites for hydroxylation is 1. The first-order valence-electron chi connectivity index (χ1n) is 6.25. The van der Waals surface area contributed by atoms with E-state index in [4.69, 9.17) is 15.2 Å². The number of fused-ring (bicyclic) bond motifs is 2. The normalized spacial score (nSPS) is 13.4. The van der Waals surface area contributed by atoms with Crippen LogP contribution in [0.5, 0.6) is 11.5 Å². The number of pyridine rings is 1. The van der Waals surface area contributed by atoms with Crippen LogP contribution in [0.2, 0.25) is 0 Å². The van der Waals surface area contributed by atoms with Gasteiger partial charge in [-0.2, -0.15) is 0 Å². The number of ether oxygens (including phenoxy) is 2. The minimum Gasteiger partial charge on any atom is -0.486 e. The number of nitrogens with zero attached hydrogens (tertiary/aromatic N) is 1. The van der Waals surface area contributed by atoms with E-state index in [9.17, 15) is 4.79 Å². The quantitative estimate of drug-likeness (QED) is 0.874. The van der Waals surface area contributed by atoms with Crippen molar-refractivity contribution < 1.29 is 14.3 Å². The average Bonchev–Trinajstić information content (AvgIpc) is 2.43. The van der Waals surface area contributed by atoms with Gasteiger partial charge in [-0.1, -0.05) is 11.8 Å². The van der Waals surface area contributed by atoms with Crippen molar-refractivity contribution in [3.63, 3.8) is 0 Å². The maximum atomic E-state index is 10.9. The lowest BCUT2D eigenvalue weighted by molar-refractivity contribution is -0.115. The highest BCUT2D eigenvalue weighted by atomic mass is 32.2. The number of carbonyl (C=O) groups excluding carboxylic acids is 1. The average molecular weight is 290 g/mol. The summed E-state index contributed by atoms with van der Waals surface area (Å²) in [5, 5.41) is 1.81. The molecule has 1 aliphatic heterocycles. The summed E-state index contributed by atoms with van der Waals surface area (Å²) >= 11 is 1.35. The summed E-state index contributed by atoms with van der Waals surface area (Å²) in [6, 6.07) is 5.84. The number of thioether (sulfide) groups is 1. The van der Waals surface area contributed by atoms with Crippen molar-refractivity contribution in [2.24, 2.45) is 5.73 Å². The number of aromatic nitrogens is 1. The highest BCUT2D eigenvalue weighted by Gasteiger charge is 2.14. The minimum atomic E-state index is -0.349. The SMILES string of the molecule is Cc1cc2cc3c(cc2nc1SCC(N)=O)OCCO3. The Bertz CT molecular complexity index is 688. The van der Waals surface area contributed by atoms with Gasteiger partial charge >= 0.3 is 0 Å². The zero-order valence-corrected chi connectivity index (χ0v) is 11.8. The molecule has 0 fully saturated rings. The Labute approximate surface area is 120 Å². The van der Waals surface area contributed by atoms with Crippen molar-refractivity contribution in [3.8, 4) is 11.5 Å². The maximum Gasteiger partial charge on any atom is 0.227 e. The van der Waals surface area contributed by atoms with Gasteiger partial charge in [0.2, 0.25) is 5.91 Å². The molecule has 1 aromatic heterocycles. The maximum absolute atomic E-state index is 10.9. The van der Waals surface area contributed by atoms with Gasteiger partial charge in [0.05, 0.1) is 11.3 Å². The first kappa shape index (κ1) is 13.1. The molecular weight excluding hydrogens is 276 g/mol. The fourth-order valence-electron chi connectivity index (χ4n) is 2.08. The van der Waals surface area contributed by atoms with E-state index in [0.29, 0.717) is 19.0 Å². The van der Waals surface area contributed by atoms with E-state index in [1.807, 2.05) is 25.1 Å². The lowest BCUT2D eigenvalue weighted by Gasteiger charge is -2.19. The fourth-order valence-corrected chi connectivity index (χ4v) is 2.81. The molecule has 0 radical (unpaired) electrons. The standard InChI is InChI=1S/C14H14N2O3S/c1-8-4-9-5-11-12(19-3-2-18-11)6-10(9)16-14(8)20-7-13(15)17/h4-6H,2-3,7H2,1H3,(H2,15,17). The zero-order valence-electron chi connectivity index (χ0n) is 11.0. The molecule has 0 unspecified atom stereocenters. The molecule has 5 nitrogen and oxygen atoms in total. The third-order valence-corrected chi connectivity index (χ3v) is 4.09. The van der Waals surface area contributed by atoms with Crippen LogP contribution >= 0.6 is 11.8 Å². The first-order valence-corrected chi connectivity index (χ1v) is 7.24. The Morgan fingerprint density at radius 2 is 2.00 bits per heavy atom. The van der Waals surface area contributed by atoms with Gasteiger partial charge in [0.25, 0.3) is 0 Å². The van der Waals surface area contributed by atoms with Gasteiger partial charge in [0.1, 0.15) is 18.2 Å². The van der Waals surface area contributed by atoms with Crippen molar-refractivity contribution in [1.29, 1.82) is 0 Å². The molecule has 3 rings (SSSR count). The van der Waals surface area contributed by atoms with Crippen LogP contribution in [0.25, 0.3) is 10.9 Å². The van der Waals surface area contributed by atoms with Crippen molar-refractivity contribution in [2.45, 2.75) is 11.9 Å². The Morgan fingerprint density at radius 1 is 1.30 bits per heavy atom. The number of rotatable bonds is 3. The van der Waals surface area contributed by atoms with Gasteiger partial charge in [-0.3, -0.25) is 4.79 Å². The lowest BCUT2D eigenvalue weighted by atomic mass is 10.1. The molecule has 1 aromatic carbocycles. The fraction of sp³-hybridized carbons (Fsp3) is 0.286. The molecular formula is C14H14N2O3S. The van der Waals surface area contributed by atoms with E-state index in [-0.39, 0.29) is 11.7 Å². The Balaban J connectivity index is 2.02. The van der Waals surface area contributed by atoms with E-state index in [1.54, 1.807) is 0 Å². The molecule has 2 aromatic rings. The minimum absolute atomic E-state index is 0.226. The molecule has 1 aliphatic rings. The lowest BCUT2D eigenvalue weighted by Crippen LogP contribution is -2.15. The van der Waals surface area contributed by atoms with Crippen LogP contribution in [0.3, 0.4) is 0 Å². The molecule has 0 aliphatic carbocycles. The molecule has 104 valence electrons. The highest BCUT2D eigenvalue weighted by Crippen LogP contribution is 2.35. The molecule has 1 amide bonds. The van der Waals surface area contributed by atoms with E-state index < -0.39 is 0 Å². The summed E-state index contributed by atoms with van der Waals surface area (Å²) < 4.78 is 11.1. The van der Waals surface area contributed by atoms with Crippen LogP contribution in [0.1, 0.15) is 5.56 Å². The number of nitrogens with two attached hydrogens (primary N) is 1. The van der Waals surface area contributed by atoms with E-state index >= 15 is 0 Å². The molecule has 0 bridgehead atoms. The van der Waals surface area contributed by atoms with Gasteiger partial charge in [-0.05, 0) is 24.6 Å². The molecule has 0 spiro atoms. The van der Waals surface area contributed by atoms with E-state index in [1.165, 1.54) is 11.8 Å². The monoisotopic (exact) mass is 290 g/mol. The molecule has 2 N–H and O–H groups in total. The van der Waals surface area contributed by atoms with Crippen LogP contribution < -0.4 is 15.2 Å². The second kappa shape index (κ2) is 5.20. The molecule has 2 heterocycles. The van der Waals surface area contributed by atoms with E-state index in [0.717, 1.165) is 27.2 Å². The Morgan fingerprint density at radius 3 is 2.70 bits per heavy atom. The second-order valence-electron chi connectivity index (χ2n) is 4.55. The largest absolute Gasteiger partial charge is 0.486 e. The number of primary amides is 1. The summed E-state index contributed by atoms with van der Waals surface area (Å²) in [5.74, 6) is 1.34. The van der Waals surface area contributed by atoms with Crippen molar-refractivity contribution in [3.05, 3.63) is 23.8 Å². The summed E-state index contributed by atoms with van der Waals surface area (Å²) in [7, 11) is 0. The topological polar surface area (TPSA) is 74.4 Å².